The van der Waals surface area contributed by atoms with E-state index in [-0.39, 0.29) is 0 Å². The Labute approximate surface area is 126 Å². The minimum Gasteiger partial charge on any atom is -0.478 e. The second kappa shape index (κ2) is 7.96. The number of likely N-dealkylation sites (N-methyl/N-ethyl adjacent to an activating group) is 1. The molecular weight excluding hydrogens is 264 g/mol. The van der Waals surface area contributed by atoms with Crippen LogP contribution >= 0.6 is 0 Å². The van der Waals surface area contributed by atoms with E-state index >= 15 is 0 Å². The van der Waals surface area contributed by atoms with E-state index in [0.717, 1.165) is 18.5 Å². The number of rotatable bonds is 6. The van der Waals surface area contributed by atoms with Crippen molar-refractivity contribution in [1.82, 2.24) is 9.80 Å². The van der Waals surface area contributed by atoms with E-state index in [1.807, 2.05) is 12.1 Å². The summed E-state index contributed by atoms with van der Waals surface area (Å²) < 4.78 is 0. The summed E-state index contributed by atoms with van der Waals surface area (Å²) in [6.45, 7) is 5.86. The maximum atomic E-state index is 10.5. The fraction of sp³-hybridized carbons (Fsp3) is 0.471. The number of hydrogen-bond donors (Lipinski definition) is 1. The van der Waals surface area contributed by atoms with Crippen LogP contribution in [0.25, 0.3) is 6.08 Å². The van der Waals surface area contributed by atoms with E-state index in [2.05, 4.69) is 29.0 Å². The molecule has 1 aliphatic rings. The molecule has 21 heavy (non-hydrogen) atoms. The van der Waals surface area contributed by atoms with E-state index in [1.165, 1.54) is 44.2 Å². The van der Waals surface area contributed by atoms with Gasteiger partial charge in [0.05, 0.1) is 0 Å². The first kappa shape index (κ1) is 15.7. The maximum absolute atomic E-state index is 10.5. The lowest BCUT2D eigenvalue weighted by Crippen LogP contribution is -2.44. The third-order valence-electron chi connectivity index (χ3n) is 3.93. The first-order valence-corrected chi connectivity index (χ1v) is 7.54. The Morgan fingerprint density at radius 1 is 1.19 bits per heavy atom. The Bertz CT molecular complexity index is 474. The first-order valence-electron chi connectivity index (χ1n) is 7.54. The summed E-state index contributed by atoms with van der Waals surface area (Å²) in [5.74, 6) is -0.911. The van der Waals surface area contributed by atoms with Crippen LogP contribution in [0.5, 0.6) is 0 Å². The predicted molar refractivity (Wildman–Crippen MR) is 85.4 cm³/mol. The van der Waals surface area contributed by atoms with Crippen LogP contribution < -0.4 is 0 Å². The van der Waals surface area contributed by atoms with Crippen LogP contribution in [0.2, 0.25) is 0 Å². The van der Waals surface area contributed by atoms with Crippen LogP contribution in [0.4, 0.5) is 0 Å². The van der Waals surface area contributed by atoms with Gasteiger partial charge in [0, 0.05) is 32.3 Å². The highest BCUT2D eigenvalue weighted by Gasteiger charge is 2.12. The maximum Gasteiger partial charge on any atom is 0.328 e. The molecule has 0 aliphatic carbocycles. The largest absolute Gasteiger partial charge is 0.478 e. The monoisotopic (exact) mass is 288 g/mol. The molecular formula is C17H24N2O2. The highest BCUT2D eigenvalue weighted by Crippen LogP contribution is 2.09. The van der Waals surface area contributed by atoms with Crippen LogP contribution in [-0.2, 0) is 11.2 Å². The molecule has 0 atom stereocenters. The lowest BCUT2D eigenvalue weighted by atomic mass is 10.1. The molecule has 114 valence electrons. The fourth-order valence-electron chi connectivity index (χ4n) is 2.54. The Hall–Kier alpha value is -1.65. The van der Waals surface area contributed by atoms with Gasteiger partial charge in [-0.1, -0.05) is 24.3 Å². The number of nitrogens with zero attached hydrogens (tertiary/aromatic N) is 2. The molecule has 4 nitrogen and oxygen atoms in total. The van der Waals surface area contributed by atoms with Crippen molar-refractivity contribution in [3.8, 4) is 0 Å². The Kier molecular flexibility index (Phi) is 5.96. The van der Waals surface area contributed by atoms with E-state index in [4.69, 9.17) is 5.11 Å². The molecule has 1 N–H and O–H groups in total. The molecule has 1 saturated heterocycles. The van der Waals surface area contributed by atoms with Gasteiger partial charge in [0.25, 0.3) is 0 Å². The predicted octanol–water partition coefficient (Wildman–Crippen LogP) is 1.96. The first-order chi connectivity index (χ1) is 10.1. The van der Waals surface area contributed by atoms with Gasteiger partial charge in [-0.15, -0.1) is 0 Å². The Morgan fingerprint density at radius 2 is 1.86 bits per heavy atom. The fourth-order valence-corrected chi connectivity index (χ4v) is 2.54. The van der Waals surface area contributed by atoms with Gasteiger partial charge in [-0.3, -0.25) is 0 Å². The van der Waals surface area contributed by atoms with Gasteiger partial charge >= 0.3 is 5.97 Å². The van der Waals surface area contributed by atoms with Crippen molar-refractivity contribution in [3.63, 3.8) is 0 Å². The molecule has 1 aliphatic heterocycles. The van der Waals surface area contributed by atoms with Gasteiger partial charge < -0.3 is 14.9 Å². The number of hydrogen-bond acceptors (Lipinski definition) is 3. The van der Waals surface area contributed by atoms with Crippen molar-refractivity contribution in [2.75, 3.05) is 39.8 Å². The number of carboxylic acids is 1. The molecule has 4 heteroatoms. The number of aliphatic carboxylic acids is 1. The van der Waals surface area contributed by atoms with Gasteiger partial charge in [-0.05, 0) is 43.6 Å². The SMILES string of the molecule is CN1CCN(CCCc2ccc(/C=C/C(=O)O)cc2)CC1. The summed E-state index contributed by atoms with van der Waals surface area (Å²) in [5.41, 5.74) is 2.25. The second-order valence-corrected chi connectivity index (χ2v) is 5.66. The average Bonchev–Trinajstić information content (AvgIpc) is 2.48. The molecule has 0 amide bonds. The van der Waals surface area contributed by atoms with Crippen molar-refractivity contribution in [2.24, 2.45) is 0 Å². The smallest absolute Gasteiger partial charge is 0.328 e. The quantitative estimate of drug-likeness (QED) is 0.813. The number of benzene rings is 1. The number of piperazine rings is 1. The highest BCUT2D eigenvalue weighted by atomic mass is 16.4. The molecule has 1 heterocycles. The standard InChI is InChI=1S/C17H24N2O2/c1-18-11-13-19(14-12-18)10-2-3-15-4-6-16(7-5-15)8-9-17(20)21/h4-9H,2-3,10-14H2,1H3,(H,20,21)/b9-8+. The van der Waals surface area contributed by atoms with Crippen LogP contribution in [-0.4, -0.2) is 60.6 Å². The molecule has 0 spiro atoms. The average molecular weight is 288 g/mol. The lowest BCUT2D eigenvalue weighted by Gasteiger charge is -2.32. The minimum absolute atomic E-state index is 0.911. The van der Waals surface area contributed by atoms with Crippen molar-refractivity contribution in [2.45, 2.75) is 12.8 Å². The summed E-state index contributed by atoms with van der Waals surface area (Å²) in [4.78, 5) is 15.4. The molecule has 0 saturated carbocycles. The van der Waals surface area contributed by atoms with Crippen LogP contribution in [0.3, 0.4) is 0 Å². The summed E-state index contributed by atoms with van der Waals surface area (Å²) in [6.07, 6.45) is 5.04. The number of carboxylic acid groups (broad SMARTS) is 1. The zero-order chi connectivity index (χ0) is 15.1. The Morgan fingerprint density at radius 3 is 2.48 bits per heavy atom. The summed E-state index contributed by atoms with van der Waals surface area (Å²) >= 11 is 0. The van der Waals surface area contributed by atoms with Crippen molar-refractivity contribution >= 4 is 12.0 Å². The van der Waals surface area contributed by atoms with E-state index < -0.39 is 5.97 Å². The summed E-state index contributed by atoms with van der Waals surface area (Å²) in [5, 5.41) is 8.59. The Balaban J connectivity index is 1.72. The van der Waals surface area contributed by atoms with Gasteiger partial charge in [-0.25, -0.2) is 4.79 Å². The van der Waals surface area contributed by atoms with Crippen molar-refractivity contribution in [3.05, 3.63) is 41.5 Å². The normalized spacial score (nSPS) is 17.4. The molecule has 1 fully saturated rings. The number of carbonyl (C=O) groups is 1. The van der Waals surface area contributed by atoms with Gasteiger partial charge in [0.2, 0.25) is 0 Å². The molecule has 2 rings (SSSR count). The molecule has 0 unspecified atom stereocenters. The molecule has 0 bridgehead atoms. The van der Waals surface area contributed by atoms with Gasteiger partial charge in [0.15, 0.2) is 0 Å². The summed E-state index contributed by atoms with van der Waals surface area (Å²) in [7, 11) is 2.18. The molecule has 1 aromatic carbocycles. The lowest BCUT2D eigenvalue weighted by molar-refractivity contribution is -0.131. The zero-order valence-electron chi connectivity index (χ0n) is 12.7. The molecule has 0 radical (unpaired) electrons. The minimum atomic E-state index is -0.911. The zero-order valence-corrected chi connectivity index (χ0v) is 12.7. The van der Waals surface area contributed by atoms with Gasteiger partial charge in [0.1, 0.15) is 0 Å². The van der Waals surface area contributed by atoms with E-state index in [9.17, 15) is 4.79 Å². The molecule has 1 aromatic rings. The van der Waals surface area contributed by atoms with Crippen molar-refractivity contribution in [1.29, 1.82) is 0 Å². The van der Waals surface area contributed by atoms with Crippen LogP contribution in [0.1, 0.15) is 17.5 Å². The van der Waals surface area contributed by atoms with E-state index in [0.29, 0.717) is 0 Å². The van der Waals surface area contributed by atoms with Gasteiger partial charge in [-0.2, -0.15) is 0 Å². The third-order valence-corrected chi connectivity index (χ3v) is 3.93. The topological polar surface area (TPSA) is 43.8 Å². The van der Waals surface area contributed by atoms with Crippen LogP contribution in [0.15, 0.2) is 30.3 Å². The summed E-state index contributed by atoms with van der Waals surface area (Å²) in [6, 6.07) is 8.13. The van der Waals surface area contributed by atoms with Crippen LogP contribution in [0, 0.1) is 0 Å². The third kappa shape index (κ3) is 5.69. The second-order valence-electron chi connectivity index (χ2n) is 5.66. The molecule has 0 aromatic heterocycles. The number of aryl methyl sites for hydroxylation is 1. The van der Waals surface area contributed by atoms with E-state index in [1.54, 1.807) is 6.08 Å². The van der Waals surface area contributed by atoms with Crippen molar-refractivity contribution < 1.29 is 9.90 Å². The highest BCUT2D eigenvalue weighted by molar-refractivity contribution is 5.85.